The third-order valence-corrected chi connectivity index (χ3v) is 5.90. The second kappa shape index (κ2) is 6.28. The summed E-state index contributed by atoms with van der Waals surface area (Å²) < 4.78 is 0.904. The maximum atomic E-state index is 12.3. The van der Waals surface area contributed by atoms with Crippen molar-refractivity contribution in [2.75, 3.05) is 18.0 Å². The zero-order valence-corrected chi connectivity index (χ0v) is 15.2. The number of aromatic nitrogens is 1. The van der Waals surface area contributed by atoms with Crippen molar-refractivity contribution in [2.45, 2.75) is 44.8 Å². The Morgan fingerprint density at radius 2 is 2.12 bits per heavy atom. The van der Waals surface area contributed by atoms with Crippen LogP contribution in [-0.2, 0) is 0 Å². The van der Waals surface area contributed by atoms with E-state index in [1.54, 1.807) is 17.4 Å². The zero-order valence-electron chi connectivity index (χ0n) is 14.4. The van der Waals surface area contributed by atoms with Crippen LogP contribution in [-0.4, -0.2) is 42.1 Å². The Labute approximate surface area is 150 Å². The summed E-state index contributed by atoms with van der Waals surface area (Å²) in [4.78, 5) is 19.5. The van der Waals surface area contributed by atoms with E-state index in [9.17, 15) is 10.1 Å². The van der Waals surface area contributed by atoms with Gasteiger partial charge in [0.15, 0.2) is 5.13 Å². The number of thiazole rings is 1. The molecule has 6 nitrogen and oxygen atoms in total. The van der Waals surface area contributed by atoms with E-state index in [2.05, 4.69) is 21.6 Å². The maximum absolute atomic E-state index is 12.3. The first-order chi connectivity index (χ1) is 12.1. The average molecular weight is 355 g/mol. The van der Waals surface area contributed by atoms with E-state index < -0.39 is 0 Å². The highest BCUT2D eigenvalue weighted by molar-refractivity contribution is 7.22. The number of fused-ring (bicyclic) bond motifs is 3. The van der Waals surface area contributed by atoms with Gasteiger partial charge in [0, 0.05) is 36.8 Å². The summed E-state index contributed by atoms with van der Waals surface area (Å²) in [5, 5.41) is 16.9. The number of nitrogens with one attached hydrogen (secondary N) is 2. The summed E-state index contributed by atoms with van der Waals surface area (Å²) >= 11 is 1.59. The summed E-state index contributed by atoms with van der Waals surface area (Å²) in [6, 6.07) is 6.73. The molecule has 0 saturated carbocycles. The van der Waals surface area contributed by atoms with Crippen LogP contribution in [0.1, 0.15) is 42.6 Å². The summed E-state index contributed by atoms with van der Waals surface area (Å²) in [6.45, 7) is 5.82. The van der Waals surface area contributed by atoms with Crippen molar-refractivity contribution in [3.8, 4) is 6.07 Å². The molecule has 2 bridgehead atoms. The molecule has 2 fully saturated rings. The van der Waals surface area contributed by atoms with Crippen LogP contribution < -0.4 is 15.5 Å². The Balaban J connectivity index is 1.75. The minimum Gasteiger partial charge on any atom is -0.350 e. The lowest BCUT2D eigenvalue weighted by atomic mass is 10.1. The van der Waals surface area contributed by atoms with Gasteiger partial charge in [0.1, 0.15) is 11.6 Å². The molecular formula is C18H21N5OS. The van der Waals surface area contributed by atoms with Crippen LogP contribution in [0.15, 0.2) is 12.1 Å². The molecule has 3 heterocycles. The van der Waals surface area contributed by atoms with Crippen LogP contribution in [0.2, 0.25) is 0 Å². The summed E-state index contributed by atoms with van der Waals surface area (Å²) in [5.41, 5.74) is 1.70. The lowest BCUT2D eigenvalue weighted by molar-refractivity contribution is 0.0943. The Morgan fingerprint density at radius 1 is 1.40 bits per heavy atom. The highest BCUT2D eigenvalue weighted by Gasteiger charge is 2.38. The largest absolute Gasteiger partial charge is 0.350 e. The van der Waals surface area contributed by atoms with E-state index in [1.165, 1.54) is 12.8 Å². The van der Waals surface area contributed by atoms with Crippen LogP contribution in [0.3, 0.4) is 0 Å². The maximum Gasteiger partial charge on any atom is 0.251 e. The first-order valence-corrected chi connectivity index (χ1v) is 9.53. The van der Waals surface area contributed by atoms with Crippen LogP contribution in [0.4, 0.5) is 5.13 Å². The van der Waals surface area contributed by atoms with E-state index in [1.807, 2.05) is 19.9 Å². The molecule has 0 radical (unpaired) electrons. The molecule has 2 N–H and O–H groups in total. The molecule has 2 aliphatic heterocycles. The fourth-order valence-corrected chi connectivity index (χ4v) is 4.96. The molecule has 0 aliphatic carbocycles. The number of carbonyl (C=O) groups is 1. The minimum atomic E-state index is -0.148. The lowest BCUT2D eigenvalue weighted by Crippen LogP contribution is -2.51. The zero-order chi connectivity index (χ0) is 17.6. The van der Waals surface area contributed by atoms with Gasteiger partial charge in [-0.15, -0.1) is 0 Å². The molecule has 1 aromatic heterocycles. The van der Waals surface area contributed by atoms with Gasteiger partial charge < -0.3 is 15.5 Å². The number of anilines is 1. The number of hydrogen-bond acceptors (Lipinski definition) is 6. The van der Waals surface area contributed by atoms with Gasteiger partial charge in [-0.3, -0.25) is 4.79 Å². The van der Waals surface area contributed by atoms with E-state index >= 15 is 0 Å². The van der Waals surface area contributed by atoms with Gasteiger partial charge in [-0.2, -0.15) is 5.26 Å². The molecule has 1 amide bonds. The fraction of sp³-hybridized carbons (Fsp3) is 0.500. The van der Waals surface area contributed by atoms with Gasteiger partial charge in [-0.1, -0.05) is 11.3 Å². The number of piperazine rings is 1. The predicted octanol–water partition coefficient (Wildman–Crippen LogP) is 2.25. The molecule has 25 heavy (non-hydrogen) atoms. The number of benzene rings is 1. The number of hydrogen-bond donors (Lipinski definition) is 2. The molecule has 2 unspecified atom stereocenters. The van der Waals surface area contributed by atoms with Gasteiger partial charge in [-0.25, -0.2) is 4.98 Å². The number of nitrogens with zero attached hydrogens (tertiary/aromatic N) is 3. The average Bonchev–Trinajstić information content (AvgIpc) is 3.10. The van der Waals surface area contributed by atoms with Crippen molar-refractivity contribution in [3.05, 3.63) is 23.3 Å². The molecule has 4 rings (SSSR count). The van der Waals surface area contributed by atoms with Gasteiger partial charge in [0.25, 0.3) is 5.91 Å². The summed E-state index contributed by atoms with van der Waals surface area (Å²) in [6.07, 6.45) is 2.36. The highest BCUT2D eigenvalue weighted by atomic mass is 32.1. The molecule has 0 spiro atoms. The number of rotatable bonds is 3. The first-order valence-electron chi connectivity index (χ1n) is 8.71. The van der Waals surface area contributed by atoms with Crippen molar-refractivity contribution >= 4 is 32.6 Å². The Morgan fingerprint density at radius 3 is 2.76 bits per heavy atom. The molecule has 2 aliphatic rings. The Bertz CT molecular complexity index is 852. The second-order valence-corrected chi connectivity index (χ2v) is 8.07. The molecule has 2 aromatic rings. The minimum absolute atomic E-state index is 0.0576. The van der Waals surface area contributed by atoms with E-state index in [0.717, 1.165) is 22.9 Å². The quantitative estimate of drug-likeness (QED) is 0.883. The summed E-state index contributed by atoms with van der Waals surface area (Å²) in [5.74, 6) is -0.148. The van der Waals surface area contributed by atoms with Crippen molar-refractivity contribution in [2.24, 2.45) is 0 Å². The Kier molecular flexibility index (Phi) is 4.10. The smallest absolute Gasteiger partial charge is 0.251 e. The van der Waals surface area contributed by atoms with Crippen LogP contribution in [0.5, 0.6) is 0 Å². The third-order valence-electron chi connectivity index (χ3n) is 4.89. The molecule has 1 aromatic carbocycles. The number of amides is 1. The molecule has 7 heteroatoms. The van der Waals surface area contributed by atoms with Gasteiger partial charge in [-0.05, 0) is 38.8 Å². The topological polar surface area (TPSA) is 81.0 Å². The normalized spacial score (nSPS) is 22.4. The van der Waals surface area contributed by atoms with Crippen molar-refractivity contribution < 1.29 is 4.79 Å². The molecule has 2 atom stereocenters. The van der Waals surface area contributed by atoms with Crippen molar-refractivity contribution in [1.82, 2.24) is 15.6 Å². The standard InChI is InChI=1S/C18H21N5OS/c1-10(2)21-17(24)11-5-12(7-19)16-15(6-11)25-18(22-16)23-13-3-4-14(23)9-20-8-13/h5-6,10,13-14,20H,3-4,8-9H2,1-2H3,(H,21,24). The Hall–Kier alpha value is -2.17. The molecule has 130 valence electrons. The predicted molar refractivity (Wildman–Crippen MR) is 99.1 cm³/mol. The highest BCUT2D eigenvalue weighted by Crippen LogP contribution is 2.38. The van der Waals surface area contributed by atoms with Crippen molar-refractivity contribution in [1.29, 1.82) is 5.26 Å². The third kappa shape index (κ3) is 2.86. The first kappa shape index (κ1) is 16.3. The summed E-state index contributed by atoms with van der Waals surface area (Å²) in [7, 11) is 0. The van der Waals surface area contributed by atoms with Gasteiger partial charge in [0.05, 0.1) is 10.3 Å². The number of nitriles is 1. The van der Waals surface area contributed by atoms with Crippen LogP contribution in [0.25, 0.3) is 10.2 Å². The van der Waals surface area contributed by atoms with Gasteiger partial charge >= 0.3 is 0 Å². The molecule has 2 saturated heterocycles. The SMILES string of the molecule is CC(C)NC(=O)c1cc(C#N)c2nc(N3C4CCC3CNC4)sc2c1. The lowest BCUT2D eigenvalue weighted by Gasteiger charge is -2.35. The van der Waals surface area contributed by atoms with E-state index in [-0.39, 0.29) is 11.9 Å². The van der Waals surface area contributed by atoms with Crippen molar-refractivity contribution in [3.63, 3.8) is 0 Å². The van der Waals surface area contributed by atoms with E-state index in [4.69, 9.17) is 4.98 Å². The van der Waals surface area contributed by atoms with Gasteiger partial charge in [0.2, 0.25) is 0 Å². The van der Waals surface area contributed by atoms with Crippen LogP contribution in [0, 0.1) is 11.3 Å². The monoisotopic (exact) mass is 355 g/mol. The number of carbonyl (C=O) groups excluding carboxylic acids is 1. The fourth-order valence-electron chi connectivity index (χ4n) is 3.78. The second-order valence-electron chi connectivity index (χ2n) is 7.06. The molecular weight excluding hydrogens is 334 g/mol. The van der Waals surface area contributed by atoms with Crippen LogP contribution >= 0.6 is 11.3 Å². The van der Waals surface area contributed by atoms with E-state index in [0.29, 0.717) is 28.7 Å².